The Morgan fingerprint density at radius 1 is 1.12 bits per heavy atom. The molecule has 1 aliphatic heterocycles. The van der Waals surface area contributed by atoms with E-state index >= 15 is 0 Å². The molecule has 2 aromatic rings. The van der Waals surface area contributed by atoms with Crippen molar-refractivity contribution < 1.29 is 14.7 Å². The molecule has 0 aliphatic carbocycles. The topological polar surface area (TPSA) is 82.5 Å². The molecular weight excluding hydrogens is 330 g/mol. The largest absolute Gasteiger partial charge is 0.478 e. The number of aliphatic carboxylic acids is 1. The van der Waals surface area contributed by atoms with Gasteiger partial charge < -0.3 is 15.3 Å². The Hall–Kier alpha value is -3.15. The van der Waals surface area contributed by atoms with Crippen LogP contribution < -0.4 is 5.32 Å². The Morgan fingerprint density at radius 3 is 2.46 bits per heavy atom. The van der Waals surface area contributed by atoms with E-state index < -0.39 is 5.97 Å². The molecular formula is C20H21N3O3. The number of carbonyl (C=O) groups excluding carboxylic acids is 1. The second-order valence-electron chi connectivity index (χ2n) is 6.23. The fourth-order valence-corrected chi connectivity index (χ4v) is 2.96. The zero-order chi connectivity index (χ0) is 18.4. The monoisotopic (exact) mass is 351 g/mol. The molecule has 1 aliphatic rings. The Morgan fingerprint density at radius 2 is 1.85 bits per heavy atom. The number of carboxylic acids is 1. The third-order valence-electron chi connectivity index (χ3n) is 4.36. The van der Waals surface area contributed by atoms with Crippen molar-refractivity contribution in [2.24, 2.45) is 0 Å². The zero-order valence-electron chi connectivity index (χ0n) is 14.3. The van der Waals surface area contributed by atoms with Crippen LogP contribution in [-0.4, -0.2) is 46.0 Å². The van der Waals surface area contributed by atoms with Crippen molar-refractivity contribution in [2.75, 3.05) is 18.4 Å². The SMILES string of the molecule is O=C(O)/C=C/c1ccc(NC2CCN(C(=O)c3ccccc3)CC2)nc1. The lowest BCUT2D eigenvalue weighted by Crippen LogP contribution is -2.42. The molecule has 2 heterocycles. The molecule has 1 aromatic carbocycles. The molecule has 6 heteroatoms. The summed E-state index contributed by atoms with van der Waals surface area (Å²) in [7, 11) is 0. The summed E-state index contributed by atoms with van der Waals surface area (Å²) in [5.74, 6) is -0.147. The number of carboxylic acid groups (broad SMARTS) is 1. The third kappa shape index (κ3) is 4.69. The number of nitrogens with zero attached hydrogens (tertiary/aromatic N) is 2. The molecule has 0 saturated carbocycles. The summed E-state index contributed by atoms with van der Waals surface area (Å²) < 4.78 is 0. The van der Waals surface area contributed by atoms with Gasteiger partial charge in [0.2, 0.25) is 0 Å². The first-order chi connectivity index (χ1) is 12.6. The van der Waals surface area contributed by atoms with E-state index in [4.69, 9.17) is 5.11 Å². The minimum atomic E-state index is -0.982. The number of pyridine rings is 1. The molecule has 1 aromatic heterocycles. The number of carbonyl (C=O) groups is 2. The summed E-state index contributed by atoms with van der Waals surface area (Å²) >= 11 is 0. The lowest BCUT2D eigenvalue weighted by Gasteiger charge is -2.32. The second kappa shape index (κ2) is 8.29. The van der Waals surface area contributed by atoms with Crippen LogP contribution in [0.2, 0.25) is 0 Å². The first-order valence-corrected chi connectivity index (χ1v) is 8.60. The van der Waals surface area contributed by atoms with Crippen LogP contribution in [0.15, 0.2) is 54.7 Å². The molecule has 26 heavy (non-hydrogen) atoms. The van der Waals surface area contributed by atoms with E-state index in [1.165, 1.54) is 6.08 Å². The fourth-order valence-electron chi connectivity index (χ4n) is 2.96. The van der Waals surface area contributed by atoms with Crippen LogP contribution in [0.1, 0.15) is 28.8 Å². The third-order valence-corrected chi connectivity index (χ3v) is 4.36. The summed E-state index contributed by atoms with van der Waals surface area (Å²) in [6.45, 7) is 1.43. The highest BCUT2D eigenvalue weighted by Gasteiger charge is 2.23. The van der Waals surface area contributed by atoms with Gasteiger partial charge in [-0.2, -0.15) is 0 Å². The van der Waals surface area contributed by atoms with Gasteiger partial charge >= 0.3 is 5.97 Å². The summed E-state index contributed by atoms with van der Waals surface area (Å²) in [6.07, 6.45) is 5.95. The van der Waals surface area contributed by atoms with E-state index in [9.17, 15) is 9.59 Å². The summed E-state index contributed by atoms with van der Waals surface area (Å²) in [6, 6.07) is 13.3. The molecule has 0 unspecified atom stereocenters. The van der Waals surface area contributed by atoms with Gasteiger partial charge in [0.25, 0.3) is 5.91 Å². The molecule has 0 spiro atoms. The highest BCUT2D eigenvalue weighted by Crippen LogP contribution is 2.17. The van der Waals surface area contributed by atoms with Gasteiger partial charge in [-0.25, -0.2) is 9.78 Å². The second-order valence-corrected chi connectivity index (χ2v) is 6.23. The van der Waals surface area contributed by atoms with E-state index in [0.717, 1.165) is 35.9 Å². The minimum Gasteiger partial charge on any atom is -0.478 e. The Balaban J connectivity index is 1.51. The van der Waals surface area contributed by atoms with Crippen LogP contribution in [0.4, 0.5) is 5.82 Å². The van der Waals surface area contributed by atoms with Crippen molar-refractivity contribution in [3.63, 3.8) is 0 Å². The van der Waals surface area contributed by atoms with Crippen LogP contribution in [0.25, 0.3) is 6.08 Å². The molecule has 6 nitrogen and oxygen atoms in total. The van der Waals surface area contributed by atoms with E-state index in [1.807, 2.05) is 47.4 Å². The minimum absolute atomic E-state index is 0.0803. The maximum absolute atomic E-state index is 12.5. The molecule has 1 saturated heterocycles. The van der Waals surface area contributed by atoms with Crippen LogP contribution >= 0.6 is 0 Å². The standard InChI is InChI=1S/C20H21N3O3/c24-19(25)9-7-15-6-8-18(21-14-15)22-17-10-12-23(13-11-17)20(26)16-4-2-1-3-5-16/h1-9,14,17H,10-13H2,(H,21,22)(H,24,25)/b9-7+. The molecule has 2 N–H and O–H groups in total. The molecule has 1 amide bonds. The van der Waals surface area contributed by atoms with E-state index in [2.05, 4.69) is 10.3 Å². The highest BCUT2D eigenvalue weighted by atomic mass is 16.4. The van der Waals surface area contributed by atoms with Gasteiger partial charge in [-0.05, 0) is 48.7 Å². The normalized spacial score (nSPS) is 15.2. The van der Waals surface area contributed by atoms with E-state index in [0.29, 0.717) is 13.1 Å². The highest BCUT2D eigenvalue weighted by molar-refractivity contribution is 5.94. The van der Waals surface area contributed by atoms with Gasteiger partial charge in [-0.3, -0.25) is 4.79 Å². The van der Waals surface area contributed by atoms with Crippen molar-refractivity contribution in [3.05, 3.63) is 65.9 Å². The summed E-state index contributed by atoms with van der Waals surface area (Å²) in [5.41, 5.74) is 1.46. The summed E-state index contributed by atoms with van der Waals surface area (Å²) in [4.78, 5) is 29.2. The van der Waals surface area contributed by atoms with Crippen molar-refractivity contribution in [3.8, 4) is 0 Å². The van der Waals surface area contributed by atoms with E-state index in [1.54, 1.807) is 6.20 Å². The maximum Gasteiger partial charge on any atom is 0.328 e. The van der Waals surface area contributed by atoms with Gasteiger partial charge in [0, 0.05) is 37.0 Å². The van der Waals surface area contributed by atoms with Crippen LogP contribution in [-0.2, 0) is 4.79 Å². The van der Waals surface area contributed by atoms with Crippen molar-refractivity contribution in [2.45, 2.75) is 18.9 Å². The molecule has 1 fully saturated rings. The average Bonchev–Trinajstić information content (AvgIpc) is 2.68. The van der Waals surface area contributed by atoms with Gasteiger partial charge in [0.05, 0.1) is 0 Å². The first-order valence-electron chi connectivity index (χ1n) is 8.60. The Kier molecular flexibility index (Phi) is 5.63. The predicted molar refractivity (Wildman–Crippen MR) is 99.9 cm³/mol. The number of hydrogen-bond donors (Lipinski definition) is 2. The van der Waals surface area contributed by atoms with Crippen molar-refractivity contribution >= 4 is 23.8 Å². The molecule has 3 rings (SSSR count). The van der Waals surface area contributed by atoms with Gasteiger partial charge in [-0.15, -0.1) is 0 Å². The van der Waals surface area contributed by atoms with Crippen molar-refractivity contribution in [1.82, 2.24) is 9.88 Å². The number of rotatable bonds is 5. The fraction of sp³-hybridized carbons (Fsp3) is 0.250. The van der Waals surface area contributed by atoms with Gasteiger partial charge in [-0.1, -0.05) is 18.2 Å². The number of aromatic nitrogens is 1. The summed E-state index contributed by atoms with van der Waals surface area (Å²) in [5, 5.41) is 12.0. The predicted octanol–water partition coefficient (Wildman–Crippen LogP) is 2.90. The van der Waals surface area contributed by atoms with Crippen LogP contribution in [0.3, 0.4) is 0 Å². The molecule has 0 radical (unpaired) electrons. The number of piperidine rings is 1. The number of hydrogen-bond acceptors (Lipinski definition) is 4. The molecule has 134 valence electrons. The van der Waals surface area contributed by atoms with E-state index in [-0.39, 0.29) is 11.9 Å². The van der Waals surface area contributed by atoms with Crippen molar-refractivity contribution in [1.29, 1.82) is 0 Å². The average molecular weight is 351 g/mol. The smallest absolute Gasteiger partial charge is 0.328 e. The van der Waals surface area contributed by atoms with Gasteiger partial charge in [0.1, 0.15) is 5.82 Å². The number of anilines is 1. The lowest BCUT2D eigenvalue weighted by atomic mass is 10.0. The zero-order valence-corrected chi connectivity index (χ0v) is 14.3. The first kappa shape index (κ1) is 17.7. The Bertz CT molecular complexity index is 780. The molecule has 0 atom stereocenters. The lowest BCUT2D eigenvalue weighted by molar-refractivity contribution is -0.131. The van der Waals surface area contributed by atoms with Gasteiger partial charge in [0.15, 0.2) is 0 Å². The maximum atomic E-state index is 12.5. The number of nitrogens with one attached hydrogen (secondary N) is 1. The number of amides is 1. The van der Waals surface area contributed by atoms with Crippen LogP contribution in [0.5, 0.6) is 0 Å². The molecule has 0 bridgehead atoms. The Labute approximate surface area is 152 Å². The quantitative estimate of drug-likeness (QED) is 0.810. The number of benzene rings is 1. The van der Waals surface area contributed by atoms with Crippen LogP contribution in [0, 0.1) is 0 Å². The number of likely N-dealkylation sites (tertiary alicyclic amines) is 1.